The summed E-state index contributed by atoms with van der Waals surface area (Å²) in [6.07, 6.45) is 3.84. The van der Waals surface area contributed by atoms with E-state index in [1.165, 1.54) is 0 Å². The van der Waals surface area contributed by atoms with Crippen LogP contribution in [0.5, 0.6) is 5.75 Å². The minimum absolute atomic E-state index is 0.118. The third-order valence-electron chi connectivity index (χ3n) is 4.45. The molecule has 1 aromatic carbocycles. The highest BCUT2D eigenvalue weighted by Gasteiger charge is 2.08. The molecule has 7 heteroatoms. The molecule has 2 heterocycles. The molecule has 3 aromatic rings. The average Bonchev–Trinajstić information content (AvgIpc) is 3.15. The normalized spacial score (nSPS) is 10.5. The summed E-state index contributed by atoms with van der Waals surface area (Å²) in [5.41, 5.74) is 1.97. The molecule has 1 amide bonds. The molecule has 28 heavy (non-hydrogen) atoms. The first-order valence-electron chi connectivity index (χ1n) is 9.19. The van der Waals surface area contributed by atoms with E-state index in [-0.39, 0.29) is 12.3 Å². The maximum atomic E-state index is 12.3. The lowest BCUT2D eigenvalue weighted by molar-refractivity contribution is -0.115. The number of anilines is 2. The fourth-order valence-corrected chi connectivity index (χ4v) is 2.72. The van der Waals surface area contributed by atoms with Gasteiger partial charge in [-0.1, -0.05) is 18.2 Å². The minimum Gasteiger partial charge on any atom is -0.497 e. The van der Waals surface area contributed by atoms with Crippen molar-refractivity contribution in [2.75, 3.05) is 30.9 Å². The Bertz CT molecular complexity index is 903. The molecule has 3 rings (SSSR count). The summed E-state index contributed by atoms with van der Waals surface area (Å²) in [4.78, 5) is 18.7. The number of amides is 1. The highest BCUT2D eigenvalue weighted by Crippen LogP contribution is 2.13. The number of ether oxygens (including phenoxy) is 1. The van der Waals surface area contributed by atoms with Gasteiger partial charge in [0.2, 0.25) is 5.91 Å². The van der Waals surface area contributed by atoms with E-state index in [4.69, 9.17) is 4.74 Å². The summed E-state index contributed by atoms with van der Waals surface area (Å²) in [6, 6.07) is 13.5. The van der Waals surface area contributed by atoms with Crippen molar-refractivity contribution in [1.29, 1.82) is 0 Å². The van der Waals surface area contributed by atoms with Crippen LogP contribution in [0.15, 0.2) is 54.9 Å². The SMILES string of the molecule is CCN(C)c1ccc(CC(=O)Nc2ccn(Cc3ccc(OC)cc3)n2)cn1. The van der Waals surface area contributed by atoms with Crippen LogP contribution in [-0.4, -0.2) is 41.4 Å². The number of nitrogens with one attached hydrogen (secondary N) is 1. The minimum atomic E-state index is -0.118. The van der Waals surface area contributed by atoms with Gasteiger partial charge < -0.3 is 15.0 Å². The highest BCUT2D eigenvalue weighted by atomic mass is 16.5. The molecule has 0 aliphatic rings. The number of rotatable bonds is 8. The van der Waals surface area contributed by atoms with E-state index in [1.807, 2.05) is 54.5 Å². The Kier molecular flexibility index (Phi) is 6.26. The standard InChI is InChI=1S/C21H25N5O2/c1-4-25(2)20-10-7-17(14-22-20)13-21(27)23-19-11-12-26(24-19)15-16-5-8-18(28-3)9-6-16/h5-12,14H,4,13,15H2,1-3H3,(H,23,24,27). The zero-order chi connectivity index (χ0) is 19.9. The molecule has 0 spiro atoms. The van der Waals surface area contributed by atoms with Crippen LogP contribution in [-0.2, 0) is 17.8 Å². The molecule has 146 valence electrons. The number of aromatic nitrogens is 3. The fourth-order valence-electron chi connectivity index (χ4n) is 2.72. The van der Waals surface area contributed by atoms with Gasteiger partial charge in [-0.3, -0.25) is 9.48 Å². The second-order valence-electron chi connectivity index (χ2n) is 6.51. The molecule has 0 bridgehead atoms. The predicted molar refractivity (Wildman–Crippen MR) is 110 cm³/mol. The number of nitrogens with zero attached hydrogens (tertiary/aromatic N) is 4. The summed E-state index contributed by atoms with van der Waals surface area (Å²) in [7, 11) is 3.63. The highest BCUT2D eigenvalue weighted by molar-refractivity contribution is 5.91. The van der Waals surface area contributed by atoms with Gasteiger partial charge >= 0.3 is 0 Å². The predicted octanol–water partition coefficient (Wildman–Crippen LogP) is 2.97. The quantitative estimate of drug-likeness (QED) is 0.651. The fraction of sp³-hybridized carbons (Fsp3) is 0.286. The average molecular weight is 379 g/mol. The number of pyridine rings is 1. The number of methoxy groups -OCH3 is 1. The molecule has 0 aliphatic heterocycles. The summed E-state index contributed by atoms with van der Waals surface area (Å²) in [5, 5.41) is 7.24. The number of benzene rings is 1. The van der Waals surface area contributed by atoms with Gasteiger partial charge in [0.25, 0.3) is 0 Å². The third-order valence-corrected chi connectivity index (χ3v) is 4.45. The molecule has 2 aromatic heterocycles. The van der Waals surface area contributed by atoms with Crippen molar-refractivity contribution < 1.29 is 9.53 Å². The second kappa shape index (κ2) is 9.03. The Labute approximate surface area is 165 Å². The maximum absolute atomic E-state index is 12.3. The van der Waals surface area contributed by atoms with E-state index >= 15 is 0 Å². The first kappa shape index (κ1) is 19.4. The zero-order valence-electron chi connectivity index (χ0n) is 16.4. The largest absolute Gasteiger partial charge is 0.497 e. The topological polar surface area (TPSA) is 72.3 Å². The van der Waals surface area contributed by atoms with Gasteiger partial charge in [-0.2, -0.15) is 5.10 Å². The van der Waals surface area contributed by atoms with Crippen molar-refractivity contribution in [3.63, 3.8) is 0 Å². The molecule has 0 fully saturated rings. The van der Waals surface area contributed by atoms with E-state index in [1.54, 1.807) is 24.1 Å². The second-order valence-corrected chi connectivity index (χ2v) is 6.51. The van der Waals surface area contributed by atoms with Gasteiger partial charge in [0.15, 0.2) is 5.82 Å². The Morgan fingerprint density at radius 1 is 1.14 bits per heavy atom. The van der Waals surface area contributed by atoms with E-state index in [0.29, 0.717) is 12.4 Å². The molecule has 0 aliphatic carbocycles. The molecule has 7 nitrogen and oxygen atoms in total. The zero-order valence-corrected chi connectivity index (χ0v) is 16.4. The lowest BCUT2D eigenvalue weighted by atomic mass is 10.2. The Morgan fingerprint density at radius 3 is 2.54 bits per heavy atom. The molecule has 0 atom stereocenters. The van der Waals surface area contributed by atoms with Crippen LogP contribution in [0.4, 0.5) is 11.6 Å². The monoisotopic (exact) mass is 379 g/mol. The van der Waals surface area contributed by atoms with Crippen LogP contribution in [0.2, 0.25) is 0 Å². The van der Waals surface area contributed by atoms with Crippen LogP contribution >= 0.6 is 0 Å². The van der Waals surface area contributed by atoms with Crippen LogP contribution in [0.25, 0.3) is 0 Å². The van der Waals surface area contributed by atoms with Crippen molar-refractivity contribution in [1.82, 2.24) is 14.8 Å². The van der Waals surface area contributed by atoms with E-state index < -0.39 is 0 Å². The van der Waals surface area contributed by atoms with E-state index in [9.17, 15) is 4.79 Å². The van der Waals surface area contributed by atoms with Crippen LogP contribution in [0.3, 0.4) is 0 Å². The van der Waals surface area contributed by atoms with Crippen molar-refractivity contribution in [3.05, 3.63) is 66.0 Å². The molecule has 0 saturated carbocycles. The van der Waals surface area contributed by atoms with E-state index in [0.717, 1.165) is 29.2 Å². The lowest BCUT2D eigenvalue weighted by Crippen LogP contribution is -2.18. The van der Waals surface area contributed by atoms with Crippen LogP contribution in [0.1, 0.15) is 18.1 Å². The van der Waals surface area contributed by atoms with Crippen molar-refractivity contribution in [2.24, 2.45) is 0 Å². The molecule has 0 radical (unpaired) electrons. The Hall–Kier alpha value is -3.35. The number of hydrogen-bond acceptors (Lipinski definition) is 5. The molecule has 0 saturated heterocycles. The number of carbonyl (C=O) groups excluding carboxylic acids is 1. The first-order chi connectivity index (χ1) is 13.6. The molecular formula is C21H25N5O2. The number of hydrogen-bond donors (Lipinski definition) is 1. The third kappa shape index (κ3) is 5.09. The van der Waals surface area contributed by atoms with Crippen molar-refractivity contribution in [2.45, 2.75) is 19.9 Å². The summed E-state index contributed by atoms with van der Waals surface area (Å²) < 4.78 is 6.95. The van der Waals surface area contributed by atoms with Crippen LogP contribution < -0.4 is 15.0 Å². The van der Waals surface area contributed by atoms with Gasteiger partial charge in [-0.15, -0.1) is 0 Å². The number of carbonyl (C=O) groups is 1. The lowest BCUT2D eigenvalue weighted by Gasteiger charge is -2.15. The maximum Gasteiger partial charge on any atom is 0.230 e. The van der Waals surface area contributed by atoms with Gasteiger partial charge in [0.05, 0.1) is 20.1 Å². The smallest absolute Gasteiger partial charge is 0.230 e. The van der Waals surface area contributed by atoms with Gasteiger partial charge in [0, 0.05) is 32.1 Å². The van der Waals surface area contributed by atoms with Gasteiger partial charge in [-0.05, 0) is 36.2 Å². The van der Waals surface area contributed by atoms with Crippen molar-refractivity contribution >= 4 is 17.5 Å². The van der Waals surface area contributed by atoms with Gasteiger partial charge in [0.1, 0.15) is 11.6 Å². The summed E-state index contributed by atoms with van der Waals surface area (Å²) in [5.74, 6) is 2.13. The summed E-state index contributed by atoms with van der Waals surface area (Å²) >= 11 is 0. The van der Waals surface area contributed by atoms with E-state index in [2.05, 4.69) is 22.3 Å². The Balaban J connectivity index is 1.54. The van der Waals surface area contributed by atoms with Gasteiger partial charge in [-0.25, -0.2) is 4.98 Å². The Morgan fingerprint density at radius 2 is 1.89 bits per heavy atom. The van der Waals surface area contributed by atoms with Crippen LogP contribution in [0, 0.1) is 0 Å². The molecule has 1 N–H and O–H groups in total. The van der Waals surface area contributed by atoms with Crippen molar-refractivity contribution in [3.8, 4) is 5.75 Å². The summed E-state index contributed by atoms with van der Waals surface area (Å²) in [6.45, 7) is 3.57. The molecular weight excluding hydrogens is 354 g/mol. The molecule has 0 unspecified atom stereocenters. The first-order valence-corrected chi connectivity index (χ1v) is 9.19.